The largest absolute Gasteiger partial charge is 0.399 e. The van der Waals surface area contributed by atoms with Gasteiger partial charge < -0.3 is 10.6 Å². The second-order valence-electron chi connectivity index (χ2n) is 10.8. The Morgan fingerprint density at radius 3 is 2.28 bits per heavy atom. The van der Waals surface area contributed by atoms with E-state index in [9.17, 15) is 9.18 Å². The van der Waals surface area contributed by atoms with E-state index in [-0.39, 0.29) is 17.6 Å². The molecule has 0 saturated carbocycles. The van der Waals surface area contributed by atoms with Crippen LogP contribution in [-0.2, 0) is 6.54 Å². The highest BCUT2D eigenvalue weighted by atomic mass is 19.1. The van der Waals surface area contributed by atoms with E-state index < -0.39 is 0 Å². The third kappa shape index (κ3) is 5.45. The Bertz CT molecular complexity index is 1410. The first-order valence-corrected chi connectivity index (χ1v) is 13.8. The SMILES string of the molecule is Nc1ccc(CN2CCC(c3c(C(=O)N4CC[C@H](c5ccccc5)C4)cnn3-c3ccc(F)cc3)CC2)cc1. The van der Waals surface area contributed by atoms with Crippen molar-refractivity contribution < 1.29 is 9.18 Å². The fraction of sp³-hybridized carbons (Fsp3) is 0.312. The molecule has 4 aromatic rings. The van der Waals surface area contributed by atoms with E-state index in [0.29, 0.717) is 18.0 Å². The lowest BCUT2D eigenvalue weighted by Crippen LogP contribution is -2.34. The number of piperidine rings is 1. The van der Waals surface area contributed by atoms with Crippen molar-refractivity contribution in [1.82, 2.24) is 19.6 Å². The van der Waals surface area contributed by atoms with Gasteiger partial charge in [-0.25, -0.2) is 9.07 Å². The molecule has 0 aliphatic carbocycles. The highest BCUT2D eigenvalue weighted by molar-refractivity contribution is 5.95. The zero-order valence-corrected chi connectivity index (χ0v) is 22.0. The molecular formula is C32H34FN5O. The van der Waals surface area contributed by atoms with Crippen molar-refractivity contribution in [2.24, 2.45) is 0 Å². The van der Waals surface area contributed by atoms with Crippen LogP contribution in [0.25, 0.3) is 5.69 Å². The van der Waals surface area contributed by atoms with E-state index in [4.69, 9.17) is 5.73 Å². The Morgan fingerprint density at radius 2 is 1.56 bits per heavy atom. The summed E-state index contributed by atoms with van der Waals surface area (Å²) < 4.78 is 15.6. The lowest BCUT2D eigenvalue weighted by molar-refractivity contribution is 0.0788. The number of nitrogens with zero attached hydrogens (tertiary/aromatic N) is 4. The van der Waals surface area contributed by atoms with Gasteiger partial charge in [0.15, 0.2) is 0 Å². The van der Waals surface area contributed by atoms with Gasteiger partial charge in [0.05, 0.1) is 23.1 Å². The van der Waals surface area contributed by atoms with Gasteiger partial charge in [-0.3, -0.25) is 9.69 Å². The molecule has 200 valence electrons. The molecule has 3 heterocycles. The molecule has 39 heavy (non-hydrogen) atoms. The van der Waals surface area contributed by atoms with Crippen LogP contribution in [-0.4, -0.2) is 51.7 Å². The first kappa shape index (κ1) is 25.3. The highest BCUT2D eigenvalue weighted by Gasteiger charge is 2.34. The van der Waals surface area contributed by atoms with Crippen LogP contribution >= 0.6 is 0 Å². The summed E-state index contributed by atoms with van der Waals surface area (Å²) in [4.78, 5) is 18.3. The van der Waals surface area contributed by atoms with E-state index in [0.717, 1.165) is 62.5 Å². The fourth-order valence-corrected chi connectivity index (χ4v) is 6.06. The molecule has 3 aromatic carbocycles. The third-order valence-electron chi connectivity index (χ3n) is 8.21. The van der Waals surface area contributed by atoms with E-state index in [1.165, 1.54) is 23.3 Å². The van der Waals surface area contributed by atoms with Crippen molar-refractivity contribution in [1.29, 1.82) is 0 Å². The van der Waals surface area contributed by atoms with Crippen LogP contribution in [0.4, 0.5) is 10.1 Å². The minimum Gasteiger partial charge on any atom is -0.399 e. The Balaban J connectivity index is 1.23. The molecule has 6 nitrogen and oxygen atoms in total. The maximum absolute atomic E-state index is 13.9. The standard InChI is InChI=1S/C32H34FN5O/c33-27-8-12-29(13-9-27)38-31(25-14-17-36(18-15-25)21-23-6-10-28(34)11-7-23)30(20-35-38)32(39)37-19-16-26(22-37)24-4-2-1-3-5-24/h1-13,20,25-26H,14-19,21-22,34H2/t26-/m0/s1. The molecule has 0 unspecified atom stereocenters. The number of benzene rings is 3. The van der Waals surface area contributed by atoms with E-state index in [2.05, 4.69) is 46.4 Å². The molecule has 2 aliphatic heterocycles. The summed E-state index contributed by atoms with van der Waals surface area (Å²) in [5.74, 6) is 0.291. The number of rotatable bonds is 6. The number of carbonyl (C=O) groups excluding carboxylic acids is 1. The number of nitrogens with two attached hydrogens (primary N) is 1. The number of halogens is 1. The van der Waals surface area contributed by atoms with E-state index in [1.54, 1.807) is 18.3 Å². The smallest absolute Gasteiger partial charge is 0.257 e. The van der Waals surface area contributed by atoms with Gasteiger partial charge in [-0.2, -0.15) is 5.10 Å². The van der Waals surface area contributed by atoms with Gasteiger partial charge in [0.25, 0.3) is 5.91 Å². The van der Waals surface area contributed by atoms with Gasteiger partial charge in [-0.05, 0) is 79.9 Å². The summed E-state index contributed by atoms with van der Waals surface area (Å²) in [7, 11) is 0. The normalized spacial score (nSPS) is 18.5. The molecular weight excluding hydrogens is 489 g/mol. The van der Waals surface area contributed by atoms with Crippen LogP contribution in [0.2, 0.25) is 0 Å². The molecule has 2 fully saturated rings. The lowest BCUT2D eigenvalue weighted by Gasteiger charge is -2.33. The zero-order chi connectivity index (χ0) is 26.8. The number of hydrogen-bond acceptors (Lipinski definition) is 4. The molecule has 7 heteroatoms. The summed E-state index contributed by atoms with van der Waals surface area (Å²) in [5, 5.41) is 4.68. The lowest BCUT2D eigenvalue weighted by atomic mass is 9.90. The van der Waals surface area contributed by atoms with Gasteiger partial charge >= 0.3 is 0 Å². The quantitative estimate of drug-likeness (QED) is 0.334. The predicted molar refractivity (Wildman–Crippen MR) is 151 cm³/mol. The summed E-state index contributed by atoms with van der Waals surface area (Å²) in [5.41, 5.74) is 11.5. The number of aromatic nitrogens is 2. The van der Waals surface area contributed by atoms with Gasteiger partial charge in [0.2, 0.25) is 0 Å². The van der Waals surface area contributed by atoms with Crippen LogP contribution < -0.4 is 5.73 Å². The number of anilines is 1. The molecule has 1 atom stereocenters. The monoisotopic (exact) mass is 523 g/mol. The van der Waals surface area contributed by atoms with Crippen molar-refractivity contribution in [2.45, 2.75) is 37.6 Å². The number of likely N-dealkylation sites (tertiary alicyclic amines) is 2. The molecule has 0 bridgehead atoms. The van der Waals surface area contributed by atoms with Crippen molar-refractivity contribution in [3.8, 4) is 5.69 Å². The first-order chi connectivity index (χ1) is 19.0. The minimum absolute atomic E-state index is 0.0427. The average molecular weight is 524 g/mol. The van der Waals surface area contributed by atoms with Gasteiger partial charge in [0.1, 0.15) is 5.82 Å². The predicted octanol–water partition coefficient (Wildman–Crippen LogP) is 5.60. The van der Waals surface area contributed by atoms with Crippen LogP contribution in [0.5, 0.6) is 0 Å². The van der Waals surface area contributed by atoms with Gasteiger partial charge in [-0.1, -0.05) is 42.5 Å². The highest BCUT2D eigenvalue weighted by Crippen LogP contribution is 2.35. The summed E-state index contributed by atoms with van der Waals surface area (Å²) in [6, 6.07) is 24.9. The van der Waals surface area contributed by atoms with E-state index >= 15 is 0 Å². The van der Waals surface area contributed by atoms with Crippen molar-refractivity contribution >= 4 is 11.6 Å². The van der Waals surface area contributed by atoms with Gasteiger partial charge in [0, 0.05) is 37.2 Å². The number of nitrogen functional groups attached to an aromatic ring is 1. The Labute approximate surface area is 228 Å². The van der Waals surface area contributed by atoms with Crippen LogP contribution in [0.3, 0.4) is 0 Å². The average Bonchev–Trinajstić information content (AvgIpc) is 3.64. The molecule has 0 spiro atoms. The molecule has 2 aliphatic rings. The summed E-state index contributed by atoms with van der Waals surface area (Å²) >= 11 is 0. The molecule has 0 radical (unpaired) electrons. The fourth-order valence-electron chi connectivity index (χ4n) is 6.06. The van der Waals surface area contributed by atoms with Gasteiger partial charge in [-0.15, -0.1) is 0 Å². The van der Waals surface area contributed by atoms with Crippen molar-refractivity contribution in [3.63, 3.8) is 0 Å². The van der Waals surface area contributed by atoms with Crippen LogP contribution in [0, 0.1) is 5.82 Å². The van der Waals surface area contributed by atoms with Crippen molar-refractivity contribution in [2.75, 3.05) is 31.9 Å². The van der Waals surface area contributed by atoms with Crippen molar-refractivity contribution in [3.05, 3.63) is 113 Å². The topological polar surface area (TPSA) is 67.4 Å². The maximum atomic E-state index is 13.9. The number of amides is 1. The zero-order valence-electron chi connectivity index (χ0n) is 22.0. The molecule has 1 amide bonds. The van der Waals surface area contributed by atoms with Crippen LogP contribution in [0.1, 0.15) is 58.3 Å². The molecule has 1 aromatic heterocycles. The second kappa shape index (κ2) is 11.0. The molecule has 2 saturated heterocycles. The Morgan fingerprint density at radius 1 is 0.872 bits per heavy atom. The maximum Gasteiger partial charge on any atom is 0.257 e. The summed E-state index contributed by atoms with van der Waals surface area (Å²) in [6.45, 7) is 4.18. The van der Waals surface area contributed by atoms with Crippen LogP contribution in [0.15, 0.2) is 85.1 Å². The molecule has 2 N–H and O–H groups in total. The van der Waals surface area contributed by atoms with E-state index in [1.807, 2.05) is 27.8 Å². The summed E-state index contributed by atoms with van der Waals surface area (Å²) in [6.07, 6.45) is 4.53. The first-order valence-electron chi connectivity index (χ1n) is 13.8. The Kier molecular flexibility index (Phi) is 7.16. The minimum atomic E-state index is -0.288. The third-order valence-corrected chi connectivity index (χ3v) is 8.21. The Hall–Kier alpha value is -3.97. The molecule has 6 rings (SSSR count). The number of carbonyl (C=O) groups is 1. The number of hydrogen-bond donors (Lipinski definition) is 1. The second-order valence-corrected chi connectivity index (χ2v) is 10.8.